The second-order valence-corrected chi connectivity index (χ2v) is 10.4. The Morgan fingerprint density at radius 1 is 1.00 bits per heavy atom. The van der Waals surface area contributed by atoms with Crippen LogP contribution in [0, 0.1) is 27.7 Å². The van der Waals surface area contributed by atoms with Crippen molar-refractivity contribution in [3.63, 3.8) is 0 Å². The molecule has 0 aliphatic rings. The van der Waals surface area contributed by atoms with Crippen LogP contribution < -0.4 is 4.18 Å². The molecule has 1 aromatic carbocycles. The topological polar surface area (TPSA) is 91.8 Å². The van der Waals surface area contributed by atoms with Crippen molar-refractivity contribution in [2.45, 2.75) is 86.5 Å². The SMILES string of the molecule is CC.COC=O.Cc1ccc(-c2c(C)nc(OS(=O)(=O)C(F)(F)F)c(C)c2C(C)OC(C)(C)C)cc1C. The number of pyridine rings is 1. The van der Waals surface area contributed by atoms with E-state index < -0.39 is 33.2 Å². The third-order valence-electron chi connectivity index (χ3n) is 4.93. The lowest BCUT2D eigenvalue weighted by Crippen LogP contribution is -2.29. The maximum absolute atomic E-state index is 12.9. The van der Waals surface area contributed by atoms with Crippen LogP contribution in [0.3, 0.4) is 0 Å². The number of halogens is 3. The first-order valence-electron chi connectivity index (χ1n) is 11.6. The standard InChI is InChI=1S/C22H28F3NO4S.C2H4O2.C2H6/c1-12-9-10-17(11-13(12)2)19-15(4)26-20(30-31(27,28)22(23,24)25)14(3)18(19)16(5)29-21(6,7)8;1-4-2-3;1-2/h9-11,16H,1-8H3;2H,1H3;1-2H3. The van der Waals surface area contributed by atoms with Crippen LogP contribution in [0.15, 0.2) is 18.2 Å². The fraction of sp³-hybridized carbons (Fsp3) is 0.538. The highest BCUT2D eigenvalue weighted by molar-refractivity contribution is 7.87. The molecule has 0 N–H and O–H groups in total. The monoisotopic (exact) mass is 549 g/mol. The molecule has 0 amide bonds. The Morgan fingerprint density at radius 3 is 1.92 bits per heavy atom. The minimum atomic E-state index is -5.86. The second kappa shape index (κ2) is 13.8. The van der Waals surface area contributed by atoms with Gasteiger partial charge in [0.15, 0.2) is 0 Å². The summed E-state index contributed by atoms with van der Waals surface area (Å²) in [6.07, 6.45) is -0.575. The molecule has 1 aromatic heterocycles. The minimum absolute atomic E-state index is 0.170. The molecule has 0 bridgehead atoms. The lowest BCUT2D eigenvalue weighted by Gasteiger charge is -2.29. The van der Waals surface area contributed by atoms with Crippen LogP contribution >= 0.6 is 0 Å². The minimum Gasteiger partial charge on any atom is -0.471 e. The van der Waals surface area contributed by atoms with E-state index in [-0.39, 0.29) is 5.56 Å². The summed E-state index contributed by atoms with van der Waals surface area (Å²) in [6, 6.07) is 5.79. The lowest BCUT2D eigenvalue weighted by atomic mass is 9.90. The molecule has 0 spiro atoms. The largest absolute Gasteiger partial charge is 0.534 e. The highest BCUT2D eigenvalue weighted by Gasteiger charge is 2.49. The zero-order valence-corrected chi connectivity index (χ0v) is 24.1. The third-order valence-corrected chi connectivity index (χ3v) is 5.87. The summed E-state index contributed by atoms with van der Waals surface area (Å²) in [5, 5.41) is 0. The first-order valence-corrected chi connectivity index (χ1v) is 13.0. The Bertz CT molecular complexity index is 1160. The first-order chi connectivity index (χ1) is 16.9. The van der Waals surface area contributed by atoms with Gasteiger partial charge in [0.25, 0.3) is 6.47 Å². The molecule has 7 nitrogen and oxygen atoms in total. The number of ether oxygens (including phenoxy) is 2. The summed E-state index contributed by atoms with van der Waals surface area (Å²) in [5.41, 5.74) is -1.48. The number of rotatable bonds is 6. The van der Waals surface area contributed by atoms with Crippen molar-refractivity contribution in [2.24, 2.45) is 0 Å². The number of benzene rings is 1. The highest BCUT2D eigenvalue weighted by Crippen LogP contribution is 2.41. The predicted molar refractivity (Wildman–Crippen MR) is 138 cm³/mol. The van der Waals surface area contributed by atoms with E-state index in [0.717, 1.165) is 16.7 Å². The predicted octanol–water partition coefficient (Wildman–Crippen LogP) is 6.90. The zero-order valence-electron chi connectivity index (χ0n) is 23.3. The number of alkyl halides is 3. The zero-order chi connectivity index (χ0) is 29.4. The molecule has 2 rings (SSSR count). The van der Waals surface area contributed by atoms with E-state index in [4.69, 9.17) is 9.53 Å². The molecular weight excluding hydrogens is 511 g/mol. The molecule has 0 aliphatic carbocycles. The molecule has 1 unspecified atom stereocenters. The number of aromatic nitrogens is 1. The van der Waals surface area contributed by atoms with E-state index in [1.54, 1.807) is 13.8 Å². The van der Waals surface area contributed by atoms with Gasteiger partial charge < -0.3 is 13.7 Å². The maximum atomic E-state index is 12.9. The smallest absolute Gasteiger partial charge is 0.471 e. The summed E-state index contributed by atoms with van der Waals surface area (Å²) in [6.45, 7) is 18.7. The number of hydrogen-bond donors (Lipinski definition) is 0. The van der Waals surface area contributed by atoms with Crippen LogP contribution in [-0.4, -0.2) is 38.1 Å². The van der Waals surface area contributed by atoms with E-state index in [0.29, 0.717) is 23.3 Å². The van der Waals surface area contributed by atoms with E-state index in [1.165, 1.54) is 14.0 Å². The molecule has 0 fully saturated rings. The van der Waals surface area contributed by atoms with E-state index in [2.05, 4.69) is 13.9 Å². The molecule has 1 atom stereocenters. The summed E-state index contributed by atoms with van der Waals surface area (Å²) in [7, 11) is -4.55. The quantitative estimate of drug-likeness (QED) is 0.220. The Labute approximate surface area is 218 Å². The molecule has 0 saturated carbocycles. The first kappa shape index (κ1) is 34.3. The number of carbonyl (C=O) groups is 1. The van der Waals surface area contributed by atoms with Crippen molar-refractivity contribution in [3.8, 4) is 17.0 Å². The fourth-order valence-electron chi connectivity index (χ4n) is 3.38. The summed E-state index contributed by atoms with van der Waals surface area (Å²) < 4.78 is 76.3. The van der Waals surface area contributed by atoms with Crippen molar-refractivity contribution < 1.29 is 40.0 Å². The Morgan fingerprint density at radius 2 is 1.51 bits per heavy atom. The van der Waals surface area contributed by atoms with Gasteiger partial charge in [-0.2, -0.15) is 21.6 Å². The molecule has 2 aromatic rings. The van der Waals surface area contributed by atoms with E-state index in [1.807, 2.05) is 66.7 Å². The number of aryl methyl sites for hydroxylation is 3. The van der Waals surface area contributed by atoms with Gasteiger partial charge in [-0.3, -0.25) is 4.79 Å². The van der Waals surface area contributed by atoms with Gasteiger partial charge in [0.1, 0.15) is 0 Å². The number of nitrogens with zero attached hydrogens (tertiary/aromatic N) is 1. The van der Waals surface area contributed by atoms with Gasteiger partial charge in [0.2, 0.25) is 5.88 Å². The van der Waals surface area contributed by atoms with E-state index in [9.17, 15) is 21.6 Å². The van der Waals surface area contributed by atoms with Gasteiger partial charge in [0, 0.05) is 16.8 Å². The van der Waals surface area contributed by atoms with Gasteiger partial charge in [-0.1, -0.05) is 32.0 Å². The molecule has 210 valence electrons. The van der Waals surface area contributed by atoms with Gasteiger partial charge in [-0.05, 0) is 77.6 Å². The molecule has 0 saturated heterocycles. The Balaban J connectivity index is 0.00000196. The molecule has 37 heavy (non-hydrogen) atoms. The van der Waals surface area contributed by atoms with Crippen LogP contribution in [0.5, 0.6) is 5.88 Å². The van der Waals surface area contributed by atoms with Crippen LogP contribution in [0.4, 0.5) is 13.2 Å². The summed E-state index contributed by atoms with van der Waals surface area (Å²) >= 11 is 0. The van der Waals surface area contributed by atoms with Crippen molar-refractivity contribution >= 4 is 16.6 Å². The molecular formula is C26H38F3NO6S. The number of carbonyl (C=O) groups excluding carboxylic acids is 1. The Kier molecular flexibility index (Phi) is 12.8. The summed E-state index contributed by atoms with van der Waals surface area (Å²) in [4.78, 5) is 13.0. The van der Waals surface area contributed by atoms with Crippen molar-refractivity contribution in [1.82, 2.24) is 4.98 Å². The van der Waals surface area contributed by atoms with Gasteiger partial charge >= 0.3 is 15.6 Å². The molecule has 0 radical (unpaired) electrons. The number of hydrogen-bond acceptors (Lipinski definition) is 7. The van der Waals surface area contributed by atoms with Crippen molar-refractivity contribution in [3.05, 3.63) is 46.1 Å². The van der Waals surface area contributed by atoms with Gasteiger partial charge in [0.05, 0.1) is 18.8 Å². The number of methoxy groups -OCH3 is 1. The average molecular weight is 550 g/mol. The van der Waals surface area contributed by atoms with Crippen molar-refractivity contribution in [1.29, 1.82) is 0 Å². The Hall–Kier alpha value is -2.66. The summed E-state index contributed by atoms with van der Waals surface area (Å²) in [5.74, 6) is -0.609. The second-order valence-electron chi connectivity index (χ2n) is 8.90. The van der Waals surface area contributed by atoms with Gasteiger partial charge in [-0.15, -0.1) is 0 Å². The molecule has 11 heteroatoms. The van der Waals surface area contributed by atoms with Crippen LogP contribution in [-0.2, 0) is 24.4 Å². The molecule has 0 aliphatic heterocycles. The highest BCUT2D eigenvalue weighted by atomic mass is 32.2. The third kappa shape index (κ3) is 9.62. The normalized spacial score (nSPS) is 12.4. The average Bonchev–Trinajstić information content (AvgIpc) is 2.77. The van der Waals surface area contributed by atoms with E-state index >= 15 is 0 Å². The molecule has 1 heterocycles. The maximum Gasteiger partial charge on any atom is 0.534 e. The van der Waals surface area contributed by atoms with Gasteiger partial charge in [-0.25, -0.2) is 4.98 Å². The van der Waals surface area contributed by atoms with Crippen molar-refractivity contribution in [2.75, 3.05) is 7.11 Å². The van der Waals surface area contributed by atoms with Crippen LogP contribution in [0.1, 0.15) is 75.6 Å². The van der Waals surface area contributed by atoms with Crippen LogP contribution in [0.25, 0.3) is 11.1 Å². The lowest BCUT2D eigenvalue weighted by molar-refractivity contribution is -0.126. The van der Waals surface area contributed by atoms with Crippen LogP contribution in [0.2, 0.25) is 0 Å². The fourth-order valence-corrected chi connectivity index (χ4v) is 3.85.